The van der Waals surface area contributed by atoms with E-state index in [1.807, 2.05) is 0 Å². The number of piperidine rings is 1. The fourth-order valence-corrected chi connectivity index (χ4v) is 2.24. The first kappa shape index (κ1) is 10.4. The molecule has 2 atom stereocenters. The third-order valence-corrected chi connectivity index (χ3v) is 3.14. The summed E-state index contributed by atoms with van der Waals surface area (Å²) in [4.78, 5) is 23.0. The Labute approximate surface area is 88.1 Å². The standard InChI is InChI=1S/C10H15NO4/c1-2-14-9(13)10-3-4-15-7(10)5-8(12)11-6-10/h7H,2-6H2,1H3,(H,11,12). The molecule has 5 nitrogen and oxygen atoms in total. The number of fused-ring (bicyclic) bond motifs is 1. The fraction of sp³-hybridized carbons (Fsp3) is 0.800. The van der Waals surface area contributed by atoms with E-state index in [0.717, 1.165) is 0 Å². The van der Waals surface area contributed by atoms with Gasteiger partial charge in [-0.05, 0) is 13.3 Å². The van der Waals surface area contributed by atoms with Gasteiger partial charge in [0.25, 0.3) is 0 Å². The van der Waals surface area contributed by atoms with Gasteiger partial charge in [0.2, 0.25) is 5.91 Å². The first-order chi connectivity index (χ1) is 7.19. The van der Waals surface area contributed by atoms with Crippen molar-refractivity contribution in [2.24, 2.45) is 5.41 Å². The second kappa shape index (κ2) is 3.81. The monoisotopic (exact) mass is 213 g/mol. The predicted octanol–water partition coefficient (Wildman–Crippen LogP) is -0.155. The molecule has 0 aromatic rings. The fourth-order valence-electron chi connectivity index (χ4n) is 2.24. The van der Waals surface area contributed by atoms with Crippen molar-refractivity contribution in [2.75, 3.05) is 19.8 Å². The highest BCUT2D eigenvalue weighted by molar-refractivity contribution is 5.85. The number of rotatable bonds is 2. The summed E-state index contributed by atoms with van der Waals surface area (Å²) < 4.78 is 10.5. The van der Waals surface area contributed by atoms with Crippen LogP contribution >= 0.6 is 0 Å². The van der Waals surface area contributed by atoms with Gasteiger partial charge in [-0.15, -0.1) is 0 Å². The van der Waals surface area contributed by atoms with Crippen LogP contribution in [0.4, 0.5) is 0 Å². The summed E-state index contributed by atoms with van der Waals surface area (Å²) in [6, 6.07) is 0. The molecule has 0 bridgehead atoms. The molecule has 2 heterocycles. The Morgan fingerprint density at radius 1 is 1.73 bits per heavy atom. The molecule has 84 valence electrons. The molecule has 0 aliphatic carbocycles. The van der Waals surface area contributed by atoms with E-state index in [1.54, 1.807) is 6.92 Å². The Kier molecular flexibility index (Phi) is 2.65. The van der Waals surface area contributed by atoms with Crippen LogP contribution in [0.25, 0.3) is 0 Å². The highest BCUT2D eigenvalue weighted by atomic mass is 16.5. The highest BCUT2D eigenvalue weighted by Gasteiger charge is 2.54. The zero-order valence-electron chi connectivity index (χ0n) is 8.75. The molecule has 2 rings (SSSR count). The van der Waals surface area contributed by atoms with Crippen molar-refractivity contribution in [1.82, 2.24) is 5.32 Å². The summed E-state index contributed by atoms with van der Waals surface area (Å²) in [6.07, 6.45) is 0.598. The van der Waals surface area contributed by atoms with Crippen LogP contribution in [0.1, 0.15) is 19.8 Å². The molecule has 5 heteroatoms. The van der Waals surface area contributed by atoms with E-state index in [-0.39, 0.29) is 24.4 Å². The smallest absolute Gasteiger partial charge is 0.316 e. The normalized spacial score (nSPS) is 34.5. The van der Waals surface area contributed by atoms with Gasteiger partial charge in [0.15, 0.2) is 0 Å². The lowest BCUT2D eigenvalue weighted by Crippen LogP contribution is -2.54. The zero-order valence-corrected chi connectivity index (χ0v) is 8.75. The maximum atomic E-state index is 11.9. The molecule has 0 aromatic carbocycles. The van der Waals surface area contributed by atoms with E-state index >= 15 is 0 Å². The highest BCUT2D eigenvalue weighted by Crippen LogP contribution is 2.39. The van der Waals surface area contributed by atoms with Crippen LogP contribution in [0.2, 0.25) is 0 Å². The largest absolute Gasteiger partial charge is 0.465 e. The molecular weight excluding hydrogens is 198 g/mol. The van der Waals surface area contributed by atoms with E-state index in [9.17, 15) is 9.59 Å². The molecule has 2 unspecified atom stereocenters. The van der Waals surface area contributed by atoms with Gasteiger partial charge in [-0.25, -0.2) is 0 Å². The van der Waals surface area contributed by atoms with E-state index < -0.39 is 5.41 Å². The molecule has 0 aromatic heterocycles. The maximum Gasteiger partial charge on any atom is 0.316 e. The second-order valence-electron chi connectivity index (χ2n) is 3.97. The van der Waals surface area contributed by atoms with Crippen molar-refractivity contribution in [3.8, 4) is 0 Å². The van der Waals surface area contributed by atoms with Crippen LogP contribution < -0.4 is 5.32 Å². The maximum absolute atomic E-state index is 11.9. The van der Waals surface area contributed by atoms with Gasteiger partial charge in [0, 0.05) is 13.2 Å². The summed E-state index contributed by atoms with van der Waals surface area (Å²) in [5, 5.41) is 2.71. The van der Waals surface area contributed by atoms with Gasteiger partial charge < -0.3 is 14.8 Å². The molecule has 0 saturated carbocycles. The molecule has 1 N–H and O–H groups in total. The van der Waals surface area contributed by atoms with Gasteiger partial charge in [-0.3, -0.25) is 9.59 Å². The van der Waals surface area contributed by atoms with Gasteiger partial charge in [0.1, 0.15) is 5.41 Å². The van der Waals surface area contributed by atoms with Crippen molar-refractivity contribution in [2.45, 2.75) is 25.9 Å². The van der Waals surface area contributed by atoms with Crippen LogP contribution in [0.5, 0.6) is 0 Å². The molecule has 0 spiro atoms. The number of hydrogen-bond donors (Lipinski definition) is 1. The lowest BCUT2D eigenvalue weighted by molar-refractivity contribution is -0.161. The van der Waals surface area contributed by atoms with E-state index in [1.165, 1.54) is 0 Å². The van der Waals surface area contributed by atoms with Gasteiger partial charge >= 0.3 is 5.97 Å². The summed E-state index contributed by atoms with van der Waals surface area (Å²) >= 11 is 0. The first-order valence-electron chi connectivity index (χ1n) is 5.24. The number of esters is 1. The molecule has 2 aliphatic heterocycles. The first-order valence-corrected chi connectivity index (χ1v) is 5.24. The topological polar surface area (TPSA) is 64.6 Å². The molecule has 0 radical (unpaired) electrons. The minimum absolute atomic E-state index is 0.0539. The number of carbonyl (C=O) groups is 2. The van der Waals surface area contributed by atoms with Crippen molar-refractivity contribution in [1.29, 1.82) is 0 Å². The van der Waals surface area contributed by atoms with E-state index in [4.69, 9.17) is 9.47 Å². The Balaban J connectivity index is 2.17. The quantitative estimate of drug-likeness (QED) is 0.648. The lowest BCUT2D eigenvalue weighted by atomic mass is 9.77. The Bertz CT molecular complexity index is 291. The summed E-state index contributed by atoms with van der Waals surface area (Å²) in [7, 11) is 0. The average molecular weight is 213 g/mol. The minimum atomic E-state index is -0.635. The van der Waals surface area contributed by atoms with Crippen LogP contribution in [-0.2, 0) is 19.1 Å². The second-order valence-corrected chi connectivity index (χ2v) is 3.97. The Hall–Kier alpha value is -1.10. The van der Waals surface area contributed by atoms with Gasteiger partial charge in [-0.2, -0.15) is 0 Å². The van der Waals surface area contributed by atoms with Gasteiger partial charge in [-0.1, -0.05) is 0 Å². The van der Waals surface area contributed by atoms with Crippen molar-refractivity contribution < 1.29 is 19.1 Å². The van der Waals surface area contributed by atoms with E-state index in [0.29, 0.717) is 26.2 Å². The molecule has 2 saturated heterocycles. The number of hydrogen-bond acceptors (Lipinski definition) is 4. The van der Waals surface area contributed by atoms with Crippen LogP contribution in [0.15, 0.2) is 0 Å². The minimum Gasteiger partial charge on any atom is -0.465 e. The van der Waals surface area contributed by atoms with Crippen LogP contribution in [-0.4, -0.2) is 37.7 Å². The Morgan fingerprint density at radius 2 is 2.53 bits per heavy atom. The summed E-state index contributed by atoms with van der Waals surface area (Å²) in [6.45, 7) is 3.01. The molecule has 2 aliphatic rings. The zero-order chi connectivity index (χ0) is 10.9. The van der Waals surface area contributed by atoms with Crippen molar-refractivity contribution in [3.05, 3.63) is 0 Å². The van der Waals surface area contributed by atoms with Crippen molar-refractivity contribution >= 4 is 11.9 Å². The molecule has 2 fully saturated rings. The number of nitrogens with one attached hydrogen (secondary N) is 1. The number of amides is 1. The lowest BCUT2D eigenvalue weighted by Gasteiger charge is -2.35. The third kappa shape index (κ3) is 1.61. The predicted molar refractivity (Wildman–Crippen MR) is 51.0 cm³/mol. The molecule has 15 heavy (non-hydrogen) atoms. The number of ether oxygens (including phenoxy) is 2. The Morgan fingerprint density at radius 3 is 3.27 bits per heavy atom. The van der Waals surface area contributed by atoms with Crippen LogP contribution in [0, 0.1) is 5.41 Å². The summed E-state index contributed by atoms with van der Waals surface area (Å²) in [5.74, 6) is -0.297. The third-order valence-electron chi connectivity index (χ3n) is 3.14. The summed E-state index contributed by atoms with van der Waals surface area (Å²) in [5.41, 5.74) is -0.635. The molecular formula is C10H15NO4. The van der Waals surface area contributed by atoms with E-state index in [2.05, 4.69) is 5.32 Å². The molecule has 1 amide bonds. The number of carbonyl (C=O) groups excluding carboxylic acids is 2. The average Bonchev–Trinajstić information content (AvgIpc) is 2.62. The van der Waals surface area contributed by atoms with Crippen molar-refractivity contribution in [3.63, 3.8) is 0 Å². The SMILES string of the molecule is CCOC(=O)C12CCOC1CC(=O)NC2. The van der Waals surface area contributed by atoms with Crippen LogP contribution in [0.3, 0.4) is 0 Å². The van der Waals surface area contributed by atoms with Gasteiger partial charge in [0.05, 0.1) is 19.1 Å².